The second-order valence-corrected chi connectivity index (χ2v) is 6.03. The van der Waals surface area contributed by atoms with E-state index in [4.69, 9.17) is 15.2 Å². The Bertz CT molecular complexity index is 514. The molecular formula is C16H24N2O3. The van der Waals surface area contributed by atoms with Crippen molar-refractivity contribution in [1.82, 2.24) is 4.90 Å². The van der Waals surface area contributed by atoms with E-state index in [2.05, 4.69) is 0 Å². The standard InChI is InChI=1S/C16H24N2O3/c1-16(2)10-12-6-4-7-13(15(12)21-16)20-11-14(19)18(3)9-5-8-17/h4,6-7H,5,8-11,17H2,1-3H3. The van der Waals surface area contributed by atoms with Gasteiger partial charge >= 0.3 is 0 Å². The van der Waals surface area contributed by atoms with Gasteiger partial charge in [0.2, 0.25) is 0 Å². The number of nitrogens with zero attached hydrogens (tertiary/aromatic N) is 1. The van der Waals surface area contributed by atoms with Gasteiger partial charge in [0.15, 0.2) is 18.1 Å². The van der Waals surface area contributed by atoms with Gasteiger partial charge in [-0.15, -0.1) is 0 Å². The Hall–Kier alpha value is -1.75. The lowest BCUT2D eigenvalue weighted by atomic mass is 10.0. The molecule has 116 valence electrons. The molecule has 0 saturated heterocycles. The zero-order valence-electron chi connectivity index (χ0n) is 13.0. The zero-order valence-corrected chi connectivity index (χ0v) is 13.0. The number of amides is 1. The van der Waals surface area contributed by atoms with Gasteiger partial charge in [0.05, 0.1) is 0 Å². The number of benzene rings is 1. The van der Waals surface area contributed by atoms with Gasteiger partial charge < -0.3 is 20.1 Å². The molecule has 1 aliphatic heterocycles. The molecule has 2 rings (SSSR count). The van der Waals surface area contributed by atoms with Crippen LogP contribution in [-0.2, 0) is 11.2 Å². The SMILES string of the molecule is CN(CCCN)C(=O)COc1cccc2c1OC(C)(C)C2. The van der Waals surface area contributed by atoms with E-state index in [1.54, 1.807) is 11.9 Å². The molecule has 0 spiro atoms. The van der Waals surface area contributed by atoms with E-state index in [9.17, 15) is 4.79 Å². The first kappa shape index (κ1) is 15.6. The molecule has 0 bridgehead atoms. The molecule has 0 saturated carbocycles. The Morgan fingerprint density at radius 3 is 2.95 bits per heavy atom. The second-order valence-electron chi connectivity index (χ2n) is 6.03. The largest absolute Gasteiger partial charge is 0.483 e. The number of nitrogens with two attached hydrogens (primary N) is 1. The van der Waals surface area contributed by atoms with Gasteiger partial charge in [-0.1, -0.05) is 12.1 Å². The fourth-order valence-electron chi connectivity index (χ4n) is 2.40. The number of carbonyl (C=O) groups excluding carboxylic acids is 1. The van der Waals surface area contributed by atoms with Crippen LogP contribution in [0.2, 0.25) is 0 Å². The molecule has 2 N–H and O–H groups in total. The number of para-hydroxylation sites is 1. The van der Waals surface area contributed by atoms with Gasteiger partial charge in [-0.2, -0.15) is 0 Å². The normalized spacial score (nSPS) is 15.2. The maximum Gasteiger partial charge on any atom is 0.260 e. The van der Waals surface area contributed by atoms with Crippen molar-refractivity contribution in [2.75, 3.05) is 26.7 Å². The molecular weight excluding hydrogens is 268 g/mol. The summed E-state index contributed by atoms with van der Waals surface area (Å²) in [7, 11) is 1.76. The minimum Gasteiger partial charge on any atom is -0.483 e. The third-order valence-corrected chi connectivity index (χ3v) is 3.53. The minimum absolute atomic E-state index is 0.0152. The lowest BCUT2D eigenvalue weighted by molar-refractivity contribution is -0.132. The predicted octanol–water partition coefficient (Wildman–Crippen LogP) is 1.59. The summed E-state index contributed by atoms with van der Waals surface area (Å²) in [5, 5.41) is 0. The van der Waals surface area contributed by atoms with Crippen molar-refractivity contribution >= 4 is 5.91 Å². The van der Waals surface area contributed by atoms with E-state index in [1.807, 2.05) is 32.0 Å². The molecule has 0 atom stereocenters. The molecule has 0 unspecified atom stereocenters. The van der Waals surface area contributed by atoms with Gasteiger partial charge in [0, 0.05) is 25.6 Å². The van der Waals surface area contributed by atoms with Crippen molar-refractivity contribution in [2.24, 2.45) is 5.73 Å². The Kier molecular flexibility index (Phi) is 4.73. The van der Waals surface area contributed by atoms with E-state index in [0.29, 0.717) is 18.8 Å². The van der Waals surface area contributed by atoms with Crippen molar-refractivity contribution in [2.45, 2.75) is 32.3 Å². The summed E-state index contributed by atoms with van der Waals surface area (Å²) < 4.78 is 11.6. The molecule has 1 heterocycles. The van der Waals surface area contributed by atoms with Crippen molar-refractivity contribution in [3.05, 3.63) is 23.8 Å². The summed E-state index contributed by atoms with van der Waals surface area (Å²) in [6, 6.07) is 5.81. The second kappa shape index (κ2) is 6.35. The Labute approximate surface area is 126 Å². The molecule has 1 amide bonds. The van der Waals surface area contributed by atoms with E-state index >= 15 is 0 Å². The summed E-state index contributed by atoms with van der Waals surface area (Å²) in [4.78, 5) is 13.6. The molecule has 5 nitrogen and oxygen atoms in total. The molecule has 0 fully saturated rings. The van der Waals surface area contributed by atoms with Crippen molar-refractivity contribution in [1.29, 1.82) is 0 Å². The van der Waals surface area contributed by atoms with Crippen LogP contribution in [0.25, 0.3) is 0 Å². The summed E-state index contributed by atoms with van der Waals surface area (Å²) in [5.74, 6) is 1.34. The summed E-state index contributed by atoms with van der Waals surface area (Å²) in [6.07, 6.45) is 1.64. The third-order valence-electron chi connectivity index (χ3n) is 3.53. The highest BCUT2D eigenvalue weighted by Crippen LogP contribution is 2.41. The first-order valence-corrected chi connectivity index (χ1v) is 7.31. The first-order chi connectivity index (χ1) is 9.93. The predicted molar refractivity (Wildman–Crippen MR) is 81.7 cm³/mol. The summed E-state index contributed by atoms with van der Waals surface area (Å²) in [5.41, 5.74) is 6.35. The number of rotatable bonds is 6. The molecule has 21 heavy (non-hydrogen) atoms. The van der Waals surface area contributed by atoms with Gasteiger partial charge in [-0.25, -0.2) is 0 Å². The fraction of sp³-hybridized carbons (Fsp3) is 0.562. The highest BCUT2D eigenvalue weighted by molar-refractivity contribution is 5.77. The maximum absolute atomic E-state index is 12.0. The minimum atomic E-state index is -0.219. The first-order valence-electron chi connectivity index (χ1n) is 7.31. The van der Waals surface area contributed by atoms with Gasteiger partial charge in [-0.05, 0) is 32.9 Å². The van der Waals surface area contributed by atoms with E-state index in [1.165, 1.54) is 0 Å². The number of hydrogen-bond donors (Lipinski definition) is 1. The third kappa shape index (κ3) is 3.88. The van der Waals surface area contributed by atoms with E-state index < -0.39 is 0 Å². The summed E-state index contributed by atoms with van der Waals surface area (Å²) in [6.45, 7) is 5.33. The molecule has 5 heteroatoms. The lowest BCUT2D eigenvalue weighted by Gasteiger charge is -2.19. The Morgan fingerprint density at radius 1 is 1.48 bits per heavy atom. The Morgan fingerprint density at radius 2 is 2.24 bits per heavy atom. The average molecular weight is 292 g/mol. The van der Waals surface area contributed by atoms with Crippen molar-refractivity contribution in [3.63, 3.8) is 0 Å². The van der Waals surface area contributed by atoms with Crippen LogP contribution in [0.15, 0.2) is 18.2 Å². The van der Waals surface area contributed by atoms with Gasteiger partial charge in [-0.3, -0.25) is 4.79 Å². The highest BCUT2D eigenvalue weighted by Gasteiger charge is 2.32. The molecule has 1 aliphatic rings. The number of ether oxygens (including phenoxy) is 2. The van der Waals surface area contributed by atoms with Crippen LogP contribution in [0.5, 0.6) is 11.5 Å². The van der Waals surface area contributed by atoms with Gasteiger partial charge in [0.1, 0.15) is 5.60 Å². The number of carbonyl (C=O) groups is 1. The topological polar surface area (TPSA) is 64.8 Å². The number of hydrogen-bond acceptors (Lipinski definition) is 4. The van der Waals surface area contributed by atoms with Crippen molar-refractivity contribution in [3.8, 4) is 11.5 Å². The summed E-state index contributed by atoms with van der Waals surface area (Å²) >= 11 is 0. The number of likely N-dealkylation sites (N-methyl/N-ethyl adjacent to an activating group) is 1. The molecule has 0 radical (unpaired) electrons. The molecule has 1 aromatic carbocycles. The van der Waals surface area contributed by atoms with E-state index in [0.717, 1.165) is 24.2 Å². The van der Waals surface area contributed by atoms with Crippen LogP contribution in [0, 0.1) is 0 Å². The van der Waals surface area contributed by atoms with Crippen molar-refractivity contribution < 1.29 is 14.3 Å². The van der Waals surface area contributed by atoms with Crippen LogP contribution >= 0.6 is 0 Å². The fourth-order valence-corrected chi connectivity index (χ4v) is 2.40. The molecule has 0 aromatic heterocycles. The van der Waals surface area contributed by atoms with Gasteiger partial charge in [0.25, 0.3) is 5.91 Å². The smallest absolute Gasteiger partial charge is 0.260 e. The van der Waals surface area contributed by atoms with Crippen LogP contribution in [0.1, 0.15) is 25.8 Å². The quantitative estimate of drug-likeness (QED) is 0.864. The maximum atomic E-state index is 12.0. The lowest BCUT2D eigenvalue weighted by Crippen LogP contribution is -2.33. The van der Waals surface area contributed by atoms with Crippen LogP contribution in [-0.4, -0.2) is 43.2 Å². The molecule has 1 aromatic rings. The monoisotopic (exact) mass is 292 g/mol. The molecule has 0 aliphatic carbocycles. The average Bonchev–Trinajstić information content (AvgIpc) is 2.76. The zero-order chi connectivity index (χ0) is 15.5. The van der Waals surface area contributed by atoms with E-state index in [-0.39, 0.29) is 18.1 Å². The van der Waals surface area contributed by atoms with Crippen LogP contribution < -0.4 is 15.2 Å². The Balaban J connectivity index is 1.96. The van der Waals surface area contributed by atoms with Crippen LogP contribution in [0.4, 0.5) is 0 Å². The number of fused-ring (bicyclic) bond motifs is 1. The van der Waals surface area contributed by atoms with Crippen LogP contribution in [0.3, 0.4) is 0 Å². The highest BCUT2D eigenvalue weighted by atomic mass is 16.5.